The number of hydrogen-bond acceptors (Lipinski definition) is 6. The van der Waals surface area contributed by atoms with Gasteiger partial charge < -0.3 is 14.5 Å². The molecule has 0 aliphatic carbocycles. The van der Waals surface area contributed by atoms with Gasteiger partial charge in [0.15, 0.2) is 0 Å². The van der Waals surface area contributed by atoms with Gasteiger partial charge in [-0.2, -0.15) is 0 Å². The Bertz CT molecular complexity index is 1270. The molecule has 1 aromatic heterocycles. The van der Waals surface area contributed by atoms with Gasteiger partial charge in [-0.3, -0.25) is 4.72 Å². The van der Waals surface area contributed by atoms with E-state index in [1.807, 2.05) is 18.7 Å². The molecule has 9 heteroatoms. The number of carbonyl (C=O) groups is 1. The van der Waals surface area contributed by atoms with Crippen LogP contribution in [0.2, 0.25) is 0 Å². The highest BCUT2D eigenvalue weighted by Gasteiger charge is 2.20. The number of carboxylic acid groups (broad SMARTS) is 1. The minimum absolute atomic E-state index is 0.00421. The third-order valence-electron chi connectivity index (χ3n) is 5.80. The van der Waals surface area contributed by atoms with Crippen LogP contribution in [-0.4, -0.2) is 38.2 Å². The zero-order valence-electron chi connectivity index (χ0n) is 20.3. The van der Waals surface area contributed by atoms with Gasteiger partial charge in [0.2, 0.25) is 0 Å². The van der Waals surface area contributed by atoms with Gasteiger partial charge in [0, 0.05) is 24.8 Å². The highest BCUT2D eigenvalue weighted by molar-refractivity contribution is 7.92. The van der Waals surface area contributed by atoms with Crippen LogP contribution in [0.25, 0.3) is 0 Å². The number of sulfonamides is 1. The monoisotopic (exact) mass is 485 g/mol. The van der Waals surface area contributed by atoms with E-state index in [0.29, 0.717) is 18.7 Å². The Morgan fingerprint density at radius 2 is 1.76 bits per heavy atom. The third kappa shape index (κ3) is 5.59. The second-order valence-corrected chi connectivity index (χ2v) is 11.1. The lowest BCUT2D eigenvalue weighted by atomic mass is 9.87. The number of likely N-dealkylation sites (N-methyl/N-ethyl adjacent to an activating group) is 1. The molecule has 0 bridgehead atoms. The molecule has 0 radical (unpaired) electrons. The van der Waals surface area contributed by atoms with Gasteiger partial charge in [-0.15, -0.1) is 0 Å². The summed E-state index contributed by atoms with van der Waals surface area (Å²) in [5.41, 5.74) is 3.39. The van der Waals surface area contributed by atoms with Crippen molar-refractivity contribution >= 4 is 27.4 Å². The smallest absolute Gasteiger partial charge is 0.337 e. The van der Waals surface area contributed by atoms with Gasteiger partial charge in [-0.05, 0) is 61.6 Å². The van der Waals surface area contributed by atoms with Crippen molar-refractivity contribution in [3.05, 3.63) is 70.6 Å². The lowest BCUT2D eigenvalue weighted by Crippen LogP contribution is -2.23. The van der Waals surface area contributed by atoms with E-state index in [1.165, 1.54) is 6.07 Å². The van der Waals surface area contributed by atoms with Crippen molar-refractivity contribution in [3.63, 3.8) is 0 Å². The first-order valence-electron chi connectivity index (χ1n) is 10.9. The zero-order chi connectivity index (χ0) is 25.3. The van der Waals surface area contributed by atoms with Crippen molar-refractivity contribution in [3.8, 4) is 0 Å². The minimum atomic E-state index is -3.87. The molecule has 0 spiro atoms. The maximum Gasteiger partial charge on any atom is 0.337 e. The van der Waals surface area contributed by atoms with E-state index >= 15 is 0 Å². The number of carboxylic acids is 1. The molecule has 3 aromatic rings. The topological polar surface area (TPSA) is 113 Å². The predicted molar refractivity (Wildman–Crippen MR) is 132 cm³/mol. The Balaban J connectivity index is 1.81. The molecule has 3 rings (SSSR count). The summed E-state index contributed by atoms with van der Waals surface area (Å²) in [6, 6.07) is 11.2. The molecule has 8 nitrogen and oxygen atoms in total. The van der Waals surface area contributed by atoms with Crippen LogP contribution in [0.15, 0.2) is 51.9 Å². The van der Waals surface area contributed by atoms with Crippen LogP contribution in [0.1, 0.15) is 53.7 Å². The molecule has 2 aromatic carbocycles. The molecular formula is C25H31N3O5S. The minimum Gasteiger partial charge on any atom is -0.478 e. The van der Waals surface area contributed by atoms with E-state index in [2.05, 4.69) is 30.6 Å². The normalized spacial score (nSPS) is 11.9. The molecule has 0 aliphatic heterocycles. The number of rotatable bonds is 8. The fraction of sp³-hybridized carbons (Fsp3) is 0.360. The molecule has 1 heterocycles. The molecule has 0 fully saturated rings. The largest absolute Gasteiger partial charge is 0.478 e. The maximum atomic E-state index is 12.9. The van der Waals surface area contributed by atoms with Crippen molar-refractivity contribution < 1.29 is 22.8 Å². The second kappa shape index (κ2) is 9.50. The average Bonchev–Trinajstić information content (AvgIpc) is 3.08. The molecule has 2 N–H and O–H groups in total. The summed E-state index contributed by atoms with van der Waals surface area (Å²) in [6.07, 6.45) is 0.635. The summed E-state index contributed by atoms with van der Waals surface area (Å²) in [5.74, 6) is -0.403. The van der Waals surface area contributed by atoms with Crippen LogP contribution in [0.4, 0.5) is 11.4 Å². The number of aryl methyl sites for hydroxylation is 2. The van der Waals surface area contributed by atoms with Gasteiger partial charge in [0.25, 0.3) is 10.0 Å². The Hall–Kier alpha value is -3.33. The molecule has 182 valence electrons. The van der Waals surface area contributed by atoms with E-state index in [4.69, 9.17) is 4.52 Å². The summed E-state index contributed by atoms with van der Waals surface area (Å²) < 4.78 is 33.4. The molecule has 0 amide bonds. The van der Waals surface area contributed by atoms with Crippen molar-refractivity contribution in [2.45, 2.75) is 51.3 Å². The number of anilines is 2. The van der Waals surface area contributed by atoms with Gasteiger partial charge >= 0.3 is 5.97 Å². The first-order valence-corrected chi connectivity index (χ1v) is 12.4. The third-order valence-corrected chi connectivity index (χ3v) is 7.20. The first kappa shape index (κ1) is 25.3. The van der Waals surface area contributed by atoms with Crippen LogP contribution in [-0.2, 0) is 21.9 Å². The van der Waals surface area contributed by atoms with Gasteiger partial charge in [0.05, 0.1) is 21.8 Å². The lowest BCUT2D eigenvalue weighted by Gasteiger charge is -2.22. The van der Waals surface area contributed by atoms with Crippen molar-refractivity contribution in [2.24, 2.45) is 0 Å². The Morgan fingerprint density at radius 3 is 2.29 bits per heavy atom. The molecule has 0 aliphatic rings. The average molecular weight is 486 g/mol. The molecule has 34 heavy (non-hydrogen) atoms. The number of nitrogens with zero attached hydrogens (tertiary/aromatic N) is 2. The SMILES string of the molecule is Cc1noc(C)c1CCN(C)c1ccc(NS(=O)(=O)c2ccc(C(C)(C)C)cc2)cc1C(=O)O. The van der Waals surface area contributed by atoms with E-state index in [9.17, 15) is 18.3 Å². The quantitative estimate of drug-likeness (QED) is 0.473. The number of aromatic nitrogens is 1. The molecule has 0 atom stereocenters. The van der Waals surface area contributed by atoms with Crippen LogP contribution in [0, 0.1) is 13.8 Å². The summed E-state index contributed by atoms with van der Waals surface area (Å²) >= 11 is 0. The fourth-order valence-electron chi connectivity index (χ4n) is 3.71. The van der Waals surface area contributed by atoms with Crippen LogP contribution in [0.5, 0.6) is 0 Å². The Morgan fingerprint density at radius 1 is 1.12 bits per heavy atom. The fourth-order valence-corrected chi connectivity index (χ4v) is 4.76. The Labute approximate surface area is 200 Å². The van der Waals surface area contributed by atoms with E-state index in [0.717, 1.165) is 22.6 Å². The van der Waals surface area contributed by atoms with Crippen molar-refractivity contribution in [1.29, 1.82) is 0 Å². The standard InChI is InChI=1S/C25H31N3O5S/c1-16-21(17(2)33-26-16)13-14-28(6)23-12-9-19(15-22(23)24(29)30)27-34(31,32)20-10-7-18(8-11-20)25(3,4)5/h7-12,15,27H,13-14H2,1-6H3,(H,29,30). The predicted octanol–water partition coefficient (Wildman–Crippen LogP) is 4.77. The first-order chi connectivity index (χ1) is 15.8. The summed E-state index contributed by atoms with van der Waals surface area (Å²) in [4.78, 5) is 13.9. The summed E-state index contributed by atoms with van der Waals surface area (Å²) in [5, 5.41) is 13.7. The van der Waals surface area contributed by atoms with Crippen LogP contribution < -0.4 is 9.62 Å². The van der Waals surface area contributed by atoms with E-state index in [1.54, 1.807) is 43.4 Å². The summed E-state index contributed by atoms with van der Waals surface area (Å²) in [7, 11) is -2.08. The number of nitrogens with one attached hydrogen (secondary N) is 1. The summed E-state index contributed by atoms with van der Waals surface area (Å²) in [6.45, 7) is 10.4. The Kier molecular flexibility index (Phi) is 7.07. The molecule has 0 saturated carbocycles. The molecular weight excluding hydrogens is 454 g/mol. The highest BCUT2D eigenvalue weighted by atomic mass is 32.2. The van der Waals surface area contributed by atoms with Gasteiger partial charge in [-0.1, -0.05) is 38.1 Å². The molecule has 0 saturated heterocycles. The van der Waals surface area contributed by atoms with Gasteiger partial charge in [-0.25, -0.2) is 13.2 Å². The highest BCUT2D eigenvalue weighted by Crippen LogP contribution is 2.27. The number of aromatic carboxylic acids is 1. The van der Waals surface area contributed by atoms with E-state index in [-0.39, 0.29) is 21.6 Å². The lowest BCUT2D eigenvalue weighted by molar-refractivity contribution is 0.0697. The van der Waals surface area contributed by atoms with Crippen LogP contribution in [0.3, 0.4) is 0 Å². The van der Waals surface area contributed by atoms with E-state index < -0.39 is 16.0 Å². The second-order valence-electron chi connectivity index (χ2n) is 9.39. The van der Waals surface area contributed by atoms with Gasteiger partial charge in [0.1, 0.15) is 5.76 Å². The maximum absolute atomic E-state index is 12.9. The number of benzene rings is 2. The van der Waals surface area contributed by atoms with Crippen LogP contribution >= 0.6 is 0 Å². The number of hydrogen-bond donors (Lipinski definition) is 2. The van der Waals surface area contributed by atoms with Crippen molar-refractivity contribution in [1.82, 2.24) is 5.16 Å². The molecule has 0 unspecified atom stereocenters. The van der Waals surface area contributed by atoms with Crippen molar-refractivity contribution in [2.75, 3.05) is 23.2 Å². The zero-order valence-corrected chi connectivity index (χ0v) is 21.2.